The average molecular weight is 300 g/mol. The fourth-order valence-corrected chi connectivity index (χ4v) is 2.92. The third kappa shape index (κ3) is 2.81. The fourth-order valence-electron chi connectivity index (χ4n) is 2.22. The van der Waals surface area contributed by atoms with Crippen molar-refractivity contribution in [3.63, 3.8) is 0 Å². The number of hydrogen-bond acceptors (Lipinski definition) is 3. The zero-order chi connectivity index (χ0) is 12.6. The molecule has 1 unspecified atom stereocenters. The van der Waals surface area contributed by atoms with Crippen LogP contribution in [0.15, 0.2) is 22.7 Å². The van der Waals surface area contributed by atoms with E-state index in [0.717, 1.165) is 28.7 Å². The molecular weight excluding hydrogens is 282 g/mol. The number of β-amino-alcohol motifs (C(OH)–C–C–N with tert-alkyl or cyclic N) is 1. The summed E-state index contributed by atoms with van der Waals surface area (Å²) in [4.78, 5) is 2.16. The van der Waals surface area contributed by atoms with E-state index >= 15 is 0 Å². The van der Waals surface area contributed by atoms with Crippen LogP contribution in [-0.4, -0.2) is 28.9 Å². The van der Waals surface area contributed by atoms with E-state index in [2.05, 4.69) is 20.8 Å². The normalized spacial score (nSPS) is 26.3. The Balaban J connectivity index is 2.21. The van der Waals surface area contributed by atoms with Crippen molar-refractivity contribution in [2.45, 2.75) is 32.0 Å². The largest absolute Gasteiger partial charge is 0.389 e. The third-order valence-electron chi connectivity index (χ3n) is 3.25. The molecule has 2 rings (SSSR count). The van der Waals surface area contributed by atoms with Gasteiger partial charge >= 0.3 is 0 Å². The molecule has 3 nitrogen and oxygen atoms in total. The summed E-state index contributed by atoms with van der Waals surface area (Å²) < 4.78 is 0.913. The second-order valence-corrected chi connectivity index (χ2v) is 5.90. The molecule has 0 radical (unpaired) electrons. The summed E-state index contributed by atoms with van der Waals surface area (Å²) in [5.41, 5.74) is 1.38. The number of benzene rings is 1. The molecule has 0 aromatic heterocycles. The number of halogens is 1. The number of hydrogen-bond donors (Lipinski definition) is 2. The van der Waals surface area contributed by atoms with Crippen LogP contribution in [0.1, 0.15) is 31.9 Å². The van der Waals surface area contributed by atoms with Gasteiger partial charge in [0.25, 0.3) is 0 Å². The second kappa shape index (κ2) is 4.59. The van der Waals surface area contributed by atoms with E-state index in [1.807, 2.05) is 25.1 Å². The van der Waals surface area contributed by atoms with Crippen LogP contribution in [0, 0.1) is 0 Å². The smallest absolute Gasteiger partial charge is 0.0810 e. The topological polar surface area (TPSA) is 43.7 Å². The molecule has 1 aliphatic rings. The van der Waals surface area contributed by atoms with E-state index in [0.29, 0.717) is 6.54 Å². The summed E-state index contributed by atoms with van der Waals surface area (Å²) in [7, 11) is 0. The highest BCUT2D eigenvalue weighted by molar-refractivity contribution is 9.10. The summed E-state index contributed by atoms with van der Waals surface area (Å²) in [5, 5.41) is 19.5. The van der Waals surface area contributed by atoms with Gasteiger partial charge in [-0.15, -0.1) is 0 Å². The van der Waals surface area contributed by atoms with Gasteiger partial charge in [0.15, 0.2) is 0 Å². The lowest BCUT2D eigenvalue weighted by Gasteiger charge is -2.22. The van der Waals surface area contributed by atoms with Crippen LogP contribution in [0.2, 0.25) is 0 Å². The van der Waals surface area contributed by atoms with E-state index in [1.165, 1.54) is 0 Å². The highest BCUT2D eigenvalue weighted by Gasteiger charge is 2.31. The summed E-state index contributed by atoms with van der Waals surface area (Å²) in [6, 6.07) is 5.93. The quantitative estimate of drug-likeness (QED) is 0.882. The Morgan fingerprint density at radius 2 is 2.18 bits per heavy atom. The molecule has 2 N–H and O–H groups in total. The van der Waals surface area contributed by atoms with Gasteiger partial charge in [-0.2, -0.15) is 0 Å². The van der Waals surface area contributed by atoms with Gasteiger partial charge < -0.3 is 15.1 Å². The highest BCUT2D eigenvalue weighted by atomic mass is 79.9. The summed E-state index contributed by atoms with van der Waals surface area (Å²) in [6.07, 6.45) is 0.322. The van der Waals surface area contributed by atoms with Gasteiger partial charge in [0.1, 0.15) is 0 Å². The first-order valence-corrected chi connectivity index (χ1v) is 6.63. The van der Waals surface area contributed by atoms with Crippen molar-refractivity contribution in [3.8, 4) is 0 Å². The Morgan fingerprint density at radius 3 is 2.65 bits per heavy atom. The molecule has 1 aromatic carbocycles. The van der Waals surface area contributed by atoms with Gasteiger partial charge in [-0.25, -0.2) is 0 Å². The van der Waals surface area contributed by atoms with Crippen LogP contribution < -0.4 is 4.90 Å². The number of nitrogens with zero attached hydrogens (tertiary/aromatic N) is 1. The number of aliphatic hydroxyl groups excluding tert-OH is 1. The zero-order valence-electron chi connectivity index (χ0n) is 10.2. The molecule has 1 saturated heterocycles. The van der Waals surface area contributed by atoms with Crippen LogP contribution in [0.25, 0.3) is 0 Å². The van der Waals surface area contributed by atoms with Gasteiger partial charge in [-0.1, -0.05) is 22.0 Å². The van der Waals surface area contributed by atoms with Crippen molar-refractivity contribution in [2.75, 3.05) is 18.0 Å². The maximum atomic E-state index is 9.94. The molecule has 4 heteroatoms. The molecule has 0 aliphatic carbocycles. The SMILES string of the molecule is C[C@H](O)c1ccc(N2CCC(C)(O)C2)cc1Br. The number of rotatable bonds is 2. The van der Waals surface area contributed by atoms with Gasteiger partial charge in [-0.05, 0) is 38.0 Å². The minimum Gasteiger partial charge on any atom is -0.389 e. The summed E-state index contributed by atoms with van der Waals surface area (Å²) in [6.45, 7) is 5.15. The Morgan fingerprint density at radius 1 is 1.47 bits per heavy atom. The van der Waals surface area contributed by atoms with Crippen LogP contribution in [0.4, 0.5) is 5.69 Å². The lowest BCUT2D eigenvalue weighted by Crippen LogP contribution is -2.29. The van der Waals surface area contributed by atoms with E-state index in [9.17, 15) is 10.2 Å². The number of anilines is 1. The van der Waals surface area contributed by atoms with Crippen LogP contribution >= 0.6 is 15.9 Å². The van der Waals surface area contributed by atoms with E-state index < -0.39 is 11.7 Å². The lowest BCUT2D eigenvalue weighted by atomic mass is 10.1. The first kappa shape index (κ1) is 12.9. The highest BCUT2D eigenvalue weighted by Crippen LogP contribution is 2.31. The molecule has 0 saturated carbocycles. The Labute approximate surface area is 110 Å². The first-order valence-electron chi connectivity index (χ1n) is 5.84. The molecule has 0 spiro atoms. The van der Waals surface area contributed by atoms with E-state index in [4.69, 9.17) is 0 Å². The lowest BCUT2D eigenvalue weighted by molar-refractivity contribution is 0.0839. The zero-order valence-corrected chi connectivity index (χ0v) is 11.7. The molecule has 1 fully saturated rings. The molecule has 17 heavy (non-hydrogen) atoms. The predicted octanol–water partition coefficient (Wildman–Crippen LogP) is 2.46. The van der Waals surface area contributed by atoms with Gasteiger partial charge in [0, 0.05) is 23.2 Å². The van der Waals surface area contributed by atoms with Gasteiger partial charge in [0.05, 0.1) is 11.7 Å². The predicted molar refractivity (Wildman–Crippen MR) is 72.2 cm³/mol. The van der Waals surface area contributed by atoms with E-state index in [1.54, 1.807) is 6.92 Å². The van der Waals surface area contributed by atoms with Crippen LogP contribution in [0.3, 0.4) is 0 Å². The van der Waals surface area contributed by atoms with Crippen molar-refractivity contribution in [1.82, 2.24) is 0 Å². The first-order chi connectivity index (χ1) is 7.89. The van der Waals surface area contributed by atoms with Crippen molar-refractivity contribution >= 4 is 21.6 Å². The molecule has 1 heterocycles. The summed E-state index contributed by atoms with van der Waals surface area (Å²) >= 11 is 3.47. The Hall–Kier alpha value is -0.580. The van der Waals surface area contributed by atoms with E-state index in [-0.39, 0.29) is 0 Å². The van der Waals surface area contributed by atoms with Crippen molar-refractivity contribution in [2.24, 2.45) is 0 Å². The monoisotopic (exact) mass is 299 g/mol. The second-order valence-electron chi connectivity index (χ2n) is 5.05. The van der Waals surface area contributed by atoms with Crippen molar-refractivity contribution in [1.29, 1.82) is 0 Å². The van der Waals surface area contributed by atoms with Gasteiger partial charge in [0.2, 0.25) is 0 Å². The Bertz CT molecular complexity index is 418. The van der Waals surface area contributed by atoms with Crippen molar-refractivity contribution in [3.05, 3.63) is 28.2 Å². The maximum Gasteiger partial charge on any atom is 0.0810 e. The minimum absolute atomic E-state index is 0.472. The third-order valence-corrected chi connectivity index (χ3v) is 3.94. The van der Waals surface area contributed by atoms with Crippen molar-refractivity contribution < 1.29 is 10.2 Å². The summed E-state index contributed by atoms with van der Waals surface area (Å²) in [5.74, 6) is 0. The standard InChI is InChI=1S/C13H18BrNO2/c1-9(16)11-4-3-10(7-12(11)14)15-6-5-13(2,17)8-15/h3-4,7,9,16-17H,5-6,8H2,1-2H3/t9-,13?/m0/s1. The van der Waals surface area contributed by atoms with Crippen LogP contribution in [-0.2, 0) is 0 Å². The molecule has 2 atom stereocenters. The molecule has 0 amide bonds. The molecular formula is C13H18BrNO2. The Kier molecular flexibility index (Phi) is 3.48. The molecule has 0 bridgehead atoms. The van der Waals surface area contributed by atoms with Crippen LogP contribution in [0.5, 0.6) is 0 Å². The fraction of sp³-hybridized carbons (Fsp3) is 0.538. The van der Waals surface area contributed by atoms with Gasteiger partial charge in [-0.3, -0.25) is 0 Å². The maximum absolute atomic E-state index is 9.94. The number of aliphatic hydroxyl groups is 2. The molecule has 1 aromatic rings. The average Bonchev–Trinajstić information content (AvgIpc) is 2.58. The molecule has 94 valence electrons. The minimum atomic E-state index is -0.588. The molecule has 1 aliphatic heterocycles.